The SMILES string of the molecule is COc1ccc(CCN(C(=O)O)c2ccnc(Nc3cc(OC)c(OC)c(OCCCN4CCN(C)CC4)c3)n2)cc1. The van der Waals surface area contributed by atoms with Crippen molar-refractivity contribution in [2.24, 2.45) is 0 Å². The first-order valence-electron chi connectivity index (χ1n) is 13.9. The molecule has 226 valence electrons. The van der Waals surface area contributed by atoms with Gasteiger partial charge in [-0.2, -0.15) is 4.98 Å². The van der Waals surface area contributed by atoms with Crippen LogP contribution in [-0.2, 0) is 6.42 Å². The third-order valence-corrected chi connectivity index (χ3v) is 7.10. The molecule has 0 aliphatic carbocycles. The van der Waals surface area contributed by atoms with Gasteiger partial charge in [-0.1, -0.05) is 12.1 Å². The molecule has 1 aliphatic heterocycles. The second-order valence-corrected chi connectivity index (χ2v) is 9.95. The Hall–Kier alpha value is -4.29. The number of nitrogens with zero attached hydrogens (tertiary/aromatic N) is 5. The molecule has 0 bridgehead atoms. The standard InChI is InChI=1S/C30H40N6O6/c1-34-15-17-35(18-16-34)13-5-19-42-26-21-23(20-25(40-3)28(26)41-4)32-29-31-12-10-27(33-29)36(30(37)38)14-11-22-6-8-24(39-2)9-7-22/h6-10,12,20-21H,5,11,13-19H2,1-4H3,(H,37,38)(H,31,32,33). The predicted octanol–water partition coefficient (Wildman–Crippen LogP) is 3.99. The Morgan fingerprint density at radius 1 is 1.00 bits per heavy atom. The molecule has 0 saturated carbocycles. The van der Waals surface area contributed by atoms with Gasteiger partial charge in [-0.15, -0.1) is 0 Å². The molecule has 0 unspecified atom stereocenters. The number of aromatic nitrogens is 2. The molecule has 2 heterocycles. The third kappa shape index (κ3) is 8.37. The Morgan fingerprint density at radius 2 is 1.74 bits per heavy atom. The van der Waals surface area contributed by atoms with Gasteiger partial charge in [-0.25, -0.2) is 9.78 Å². The van der Waals surface area contributed by atoms with Gasteiger partial charge in [0.2, 0.25) is 11.7 Å². The van der Waals surface area contributed by atoms with Crippen LogP contribution in [0.1, 0.15) is 12.0 Å². The van der Waals surface area contributed by atoms with Gasteiger partial charge in [0.15, 0.2) is 11.5 Å². The smallest absolute Gasteiger partial charge is 0.413 e. The van der Waals surface area contributed by atoms with Crippen molar-refractivity contribution in [3.8, 4) is 23.0 Å². The molecule has 1 aliphatic rings. The summed E-state index contributed by atoms with van der Waals surface area (Å²) >= 11 is 0. The van der Waals surface area contributed by atoms with Crippen molar-refractivity contribution >= 4 is 23.5 Å². The summed E-state index contributed by atoms with van der Waals surface area (Å²) in [5.74, 6) is 2.74. The number of methoxy groups -OCH3 is 3. The average molecular weight is 581 g/mol. The molecule has 1 amide bonds. The number of benzene rings is 2. The van der Waals surface area contributed by atoms with E-state index in [2.05, 4.69) is 32.1 Å². The first kappa shape index (κ1) is 30.7. The largest absolute Gasteiger partial charge is 0.497 e. The van der Waals surface area contributed by atoms with Crippen LogP contribution in [-0.4, -0.2) is 105 Å². The van der Waals surface area contributed by atoms with Gasteiger partial charge in [-0.3, -0.25) is 4.90 Å². The van der Waals surface area contributed by atoms with Crippen LogP contribution in [0.4, 0.5) is 22.2 Å². The molecule has 1 fully saturated rings. The second kappa shape index (κ2) is 15.1. The molecule has 12 nitrogen and oxygen atoms in total. The topological polar surface area (TPSA) is 122 Å². The quantitative estimate of drug-likeness (QED) is 0.269. The molecule has 0 spiro atoms. The van der Waals surface area contributed by atoms with E-state index < -0.39 is 6.09 Å². The van der Waals surface area contributed by atoms with Crippen molar-refractivity contribution in [1.82, 2.24) is 19.8 Å². The summed E-state index contributed by atoms with van der Waals surface area (Å²) in [5, 5.41) is 13.1. The van der Waals surface area contributed by atoms with Crippen LogP contribution in [0.15, 0.2) is 48.7 Å². The maximum atomic E-state index is 12.1. The third-order valence-electron chi connectivity index (χ3n) is 7.10. The lowest BCUT2D eigenvalue weighted by Gasteiger charge is -2.32. The molecular formula is C30H40N6O6. The summed E-state index contributed by atoms with van der Waals surface area (Å²) in [5.41, 5.74) is 1.59. The summed E-state index contributed by atoms with van der Waals surface area (Å²) in [7, 11) is 6.88. The van der Waals surface area contributed by atoms with Crippen LogP contribution in [0.2, 0.25) is 0 Å². The van der Waals surface area contributed by atoms with E-state index in [1.54, 1.807) is 39.5 Å². The number of amides is 1. The second-order valence-electron chi connectivity index (χ2n) is 9.95. The van der Waals surface area contributed by atoms with E-state index in [-0.39, 0.29) is 18.3 Å². The van der Waals surface area contributed by atoms with E-state index in [1.807, 2.05) is 24.3 Å². The summed E-state index contributed by atoms with van der Waals surface area (Å²) in [6.45, 7) is 5.99. The number of ether oxygens (including phenoxy) is 4. The molecule has 1 saturated heterocycles. The van der Waals surface area contributed by atoms with E-state index in [0.29, 0.717) is 36.0 Å². The van der Waals surface area contributed by atoms with E-state index in [9.17, 15) is 9.90 Å². The zero-order valence-corrected chi connectivity index (χ0v) is 24.7. The molecule has 1 aromatic heterocycles. The zero-order valence-electron chi connectivity index (χ0n) is 24.7. The van der Waals surface area contributed by atoms with Crippen molar-refractivity contribution in [3.05, 3.63) is 54.2 Å². The van der Waals surface area contributed by atoms with E-state index in [4.69, 9.17) is 18.9 Å². The van der Waals surface area contributed by atoms with E-state index in [1.165, 1.54) is 11.1 Å². The van der Waals surface area contributed by atoms with Gasteiger partial charge >= 0.3 is 6.09 Å². The van der Waals surface area contributed by atoms with E-state index >= 15 is 0 Å². The van der Waals surface area contributed by atoms with Crippen molar-refractivity contribution in [2.45, 2.75) is 12.8 Å². The van der Waals surface area contributed by atoms with Gasteiger partial charge in [0.1, 0.15) is 11.6 Å². The zero-order chi connectivity index (χ0) is 29.9. The molecule has 12 heteroatoms. The highest BCUT2D eigenvalue weighted by Crippen LogP contribution is 2.40. The average Bonchev–Trinajstić information content (AvgIpc) is 3.00. The maximum absolute atomic E-state index is 12.1. The number of hydrogen-bond donors (Lipinski definition) is 2. The monoisotopic (exact) mass is 580 g/mol. The summed E-state index contributed by atoms with van der Waals surface area (Å²) in [4.78, 5) is 26.8. The molecule has 42 heavy (non-hydrogen) atoms. The van der Waals surface area contributed by atoms with E-state index in [0.717, 1.165) is 50.5 Å². The highest BCUT2D eigenvalue weighted by Gasteiger charge is 2.19. The van der Waals surface area contributed by atoms with Crippen LogP contribution in [0.5, 0.6) is 23.0 Å². The Balaban J connectivity index is 1.43. The molecular weight excluding hydrogens is 540 g/mol. The summed E-state index contributed by atoms with van der Waals surface area (Å²) < 4.78 is 22.5. The Labute approximate surface area is 246 Å². The number of carbonyl (C=O) groups is 1. The lowest BCUT2D eigenvalue weighted by atomic mass is 10.1. The highest BCUT2D eigenvalue weighted by molar-refractivity contribution is 5.84. The van der Waals surface area contributed by atoms with Crippen molar-refractivity contribution in [2.75, 3.05) is 84.5 Å². The first-order chi connectivity index (χ1) is 20.4. The Kier molecular flexibility index (Phi) is 11.0. The van der Waals surface area contributed by atoms with Gasteiger partial charge in [-0.05, 0) is 43.7 Å². The summed E-state index contributed by atoms with van der Waals surface area (Å²) in [6.07, 6.45) is 1.80. The van der Waals surface area contributed by atoms with Crippen LogP contribution < -0.4 is 29.2 Å². The number of piperazine rings is 1. The summed E-state index contributed by atoms with van der Waals surface area (Å²) in [6, 6.07) is 12.6. The lowest BCUT2D eigenvalue weighted by molar-refractivity contribution is 0.145. The number of rotatable bonds is 14. The minimum absolute atomic E-state index is 0.223. The molecule has 0 radical (unpaired) electrons. The van der Waals surface area contributed by atoms with Gasteiger partial charge in [0, 0.05) is 63.3 Å². The minimum Gasteiger partial charge on any atom is -0.497 e. The lowest BCUT2D eigenvalue weighted by Crippen LogP contribution is -2.44. The fourth-order valence-electron chi connectivity index (χ4n) is 4.68. The van der Waals surface area contributed by atoms with Crippen molar-refractivity contribution < 1.29 is 28.8 Å². The number of anilines is 3. The van der Waals surface area contributed by atoms with Crippen LogP contribution in [0, 0.1) is 0 Å². The molecule has 0 atom stereocenters. The van der Waals surface area contributed by atoms with Gasteiger partial charge in [0.25, 0.3) is 0 Å². The fraction of sp³-hybridized carbons (Fsp3) is 0.433. The van der Waals surface area contributed by atoms with Crippen molar-refractivity contribution in [1.29, 1.82) is 0 Å². The van der Waals surface area contributed by atoms with Crippen LogP contribution in [0.3, 0.4) is 0 Å². The van der Waals surface area contributed by atoms with Crippen LogP contribution >= 0.6 is 0 Å². The maximum Gasteiger partial charge on any atom is 0.413 e. The molecule has 2 aromatic carbocycles. The number of carboxylic acid groups (broad SMARTS) is 1. The Morgan fingerprint density at radius 3 is 2.40 bits per heavy atom. The molecule has 2 N–H and O–H groups in total. The van der Waals surface area contributed by atoms with Crippen LogP contribution in [0.25, 0.3) is 0 Å². The van der Waals surface area contributed by atoms with Crippen molar-refractivity contribution in [3.63, 3.8) is 0 Å². The van der Waals surface area contributed by atoms with Gasteiger partial charge in [0.05, 0.1) is 27.9 Å². The minimum atomic E-state index is -1.11. The predicted molar refractivity (Wildman–Crippen MR) is 161 cm³/mol. The first-order valence-corrected chi connectivity index (χ1v) is 13.9. The number of hydrogen-bond acceptors (Lipinski definition) is 10. The normalized spacial score (nSPS) is 13.8. The number of likely N-dealkylation sites (N-methyl/N-ethyl adjacent to an activating group) is 1. The Bertz CT molecular complexity index is 1300. The highest BCUT2D eigenvalue weighted by atomic mass is 16.5. The number of nitrogens with one attached hydrogen (secondary N) is 1. The molecule has 3 aromatic rings. The van der Waals surface area contributed by atoms with Gasteiger partial charge < -0.3 is 39.2 Å². The molecule has 4 rings (SSSR count). The fourth-order valence-corrected chi connectivity index (χ4v) is 4.68.